The zero-order chi connectivity index (χ0) is 17.0. The van der Waals surface area contributed by atoms with Crippen LogP contribution < -0.4 is 14.2 Å². The highest BCUT2D eigenvalue weighted by Gasteiger charge is 2.17. The van der Waals surface area contributed by atoms with E-state index in [1.807, 2.05) is 0 Å². The normalized spacial score (nSPS) is 10.0. The molecule has 0 atom stereocenters. The Morgan fingerprint density at radius 2 is 1.52 bits per heavy atom. The number of benzene rings is 2. The zero-order valence-electron chi connectivity index (χ0n) is 12.4. The number of hydrogen-bond acceptors (Lipinski definition) is 5. The summed E-state index contributed by atoms with van der Waals surface area (Å²) in [6.45, 7) is 0. The van der Waals surface area contributed by atoms with E-state index in [4.69, 9.17) is 19.3 Å². The van der Waals surface area contributed by atoms with Crippen molar-refractivity contribution in [2.45, 2.75) is 0 Å². The minimum Gasteiger partial charge on any atom is -0.497 e. The third-order valence-electron chi connectivity index (χ3n) is 3.05. The van der Waals surface area contributed by atoms with Gasteiger partial charge in [0.05, 0.1) is 19.8 Å². The van der Waals surface area contributed by atoms with Crippen molar-refractivity contribution >= 4 is 11.9 Å². The number of aromatic carboxylic acids is 2. The molecule has 2 aromatic carbocycles. The first kappa shape index (κ1) is 16.2. The van der Waals surface area contributed by atoms with Crippen LogP contribution in [0.3, 0.4) is 0 Å². The molecule has 7 heteroatoms. The van der Waals surface area contributed by atoms with E-state index < -0.39 is 11.9 Å². The first-order valence-corrected chi connectivity index (χ1v) is 6.46. The number of hydrogen-bond donors (Lipinski definition) is 2. The van der Waals surface area contributed by atoms with Gasteiger partial charge in [-0.15, -0.1) is 0 Å². The highest BCUT2D eigenvalue weighted by Crippen LogP contribution is 2.36. The average Bonchev–Trinajstić information content (AvgIpc) is 2.55. The first-order valence-electron chi connectivity index (χ1n) is 6.46. The van der Waals surface area contributed by atoms with Crippen molar-refractivity contribution < 1.29 is 34.0 Å². The number of carboxylic acid groups (broad SMARTS) is 2. The van der Waals surface area contributed by atoms with Gasteiger partial charge in [0.1, 0.15) is 17.1 Å². The van der Waals surface area contributed by atoms with Crippen molar-refractivity contribution in [1.82, 2.24) is 0 Å². The molecule has 0 amide bonds. The number of rotatable bonds is 6. The van der Waals surface area contributed by atoms with E-state index in [0.717, 1.165) is 6.07 Å². The quantitative estimate of drug-likeness (QED) is 0.844. The van der Waals surface area contributed by atoms with Gasteiger partial charge in [0.15, 0.2) is 11.5 Å². The summed E-state index contributed by atoms with van der Waals surface area (Å²) in [6, 6.07) is 8.37. The lowest BCUT2D eigenvalue weighted by Crippen LogP contribution is -2.04. The van der Waals surface area contributed by atoms with Crippen molar-refractivity contribution in [3.05, 3.63) is 47.5 Å². The Morgan fingerprint density at radius 3 is 2.09 bits per heavy atom. The van der Waals surface area contributed by atoms with E-state index >= 15 is 0 Å². The van der Waals surface area contributed by atoms with E-state index in [-0.39, 0.29) is 22.6 Å². The summed E-state index contributed by atoms with van der Waals surface area (Å²) in [5, 5.41) is 18.2. The Bertz CT molecular complexity index is 752. The van der Waals surface area contributed by atoms with Crippen LogP contribution in [0.25, 0.3) is 0 Å². The van der Waals surface area contributed by atoms with Crippen LogP contribution in [0.5, 0.6) is 23.0 Å². The average molecular weight is 318 g/mol. The molecule has 0 saturated carbocycles. The van der Waals surface area contributed by atoms with E-state index in [9.17, 15) is 14.7 Å². The van der Waals surface area contributed by atoms with E-state index in [1.54, 1.807) is 18.2 Å². The molecule has 0 fully saturated rings. The van der Waals surface area contributed by atoms with Crippen LogP contribution in [0.4, 0.5) is 0 Å². The van der Waals surface area contributed by atoms with Gasteiger partial charge < -0.3 is 24.4 Å². The molecular formula is C16H14O7. The van der Waals surface area contributed by atoms with Crippen LogP contribution in [0, 0.1) is 0 Å². The highest BCUT2D eigenvalue weighted by molar-refractivity contribution is 5.96. The lowest BCUT2D eigenvalue weighted by Gasteiger charge is -2.13. The fourth-order valence-corrected chi connectivity index (χ4v) is 1.90. The number of methoxy groups -OCH3 is 2. The number of carbonyl (C=O) groups is 2. The Hall–Kier alpha value is -3.22. The molecule has 0 aliphatic rings. The van der Waals surface area contributed by atoms with Crippen molar-refractivity contribution in [2.24, 2.45) is 0 Å². The summed E-state index contributed by atoms with van der Waals surface area (Å²) in [6.07, 6.45) is 0. The van der Waals surface area contributed by atoms with Crippen molar-refractivity contribution in [3.63, 3.8) is 0 Å². The summed E-state index contributed by atoms with van der Waals surface area (Å²) >= 11 is 0. The van der Waals surface area contributed by atoms with Gasteiger partial charge in [0.25, 0.3) is 0 Å². The maximum absolute atomic E-state index is 11.3. The molecule has 0 unspecified atom stereocenters. The summed E-state index contributed by atoms with van der Waals surface area (Å²) in [4.78, 5) is 22.3. The number of ether oxygens (including phenoxy) is 3. The molecule has 0 aromatic heterocycles. The fourth-order valence-electron chi connectivity index (χ4n) is 1.90. The molecule has 0 spiro atoms. The van der Waals surface area contributed by atoms with E-state index in [2.05, 4.69) is 0 Å². The van der Waals surface area contributed by atoms with Gasteiger partial charge in [0, 0.05) is 6.07 Å². The largest absolute Gasteiger partial charge is 0.497 e. The predicted octanol–water partition coefficient (Wildman–Crippen LogP) is 2.89. The van der Waals surface area contributed by atoms with Crippen molar-refractivity contribution in [1.29, 1.82) is 0 Å². The lowest BCUT2D eigenvalue weighted by atomic mass is 10.1. The molecule has 7 nitrogen and oxygen atoms in total. The SMILES string of the molecule is COc1ccc(Oc2ccc(C(=O)O)cc2C(=O)O)c(OC)c1. The molecule has 2 N–H and O–H groups in total. The van der Waals surface area contributed by atoms with Gasteiger partial charge in [-0.25, -0.2) is 9.59 Å². The number of carboxylic acids is 2. The molecule has 120 valence electrons. The minimum atomic E-state index is -1.30. The van der Waals surface area contributed by atoms with Crippen LogP contribution in [-0.4, -0.2) is 36.4 Å². The summed E-state index contributed by atoms with van der Waals surface area (Å²) in [5.41, 5.74) is -0.404. The second-order valence-corrected chi connectivity index (χ2v) is 4.44. The Labute approximate surface area is 131 Å². The van der Waals surface area contributed by atoms with Gasteiger partial charge in [-0.2, -0.15) is 0 Å². The van der Waals surface area contributed by atoms with Crippen molar-refractivity contribution in [2.75, 3.05) is 14.2 Å². The van der Waals surface area contributed by atoms with Crippen LogP contribution in [-0.2, 0) is 0 Å². The minimum absolute atomic E-state index is 0.00552. The third-order valence-corrected chi connectivity index (χ3v) is 3.05. The second kappa shape index (κ2) is 6.69. The zero-order valence-corrected chi connectivity index (χ0v) is 12.4. The first-order chi connectivity index (χ1) is 11.0. The molecule has 2 rings (SSSR count). The highest BCUT2D eigenvalue weighted by atomic mass is 16.5. The van der Waals surface area contributed by atoms with Crippen molar-refractivity contribution in [3.8, 4) is 23.0 Å². The predicted molar refractivity (Wildman–Crippen MR) is 80.0 cm³/mol. The van der Waals surface area contributed by atoms with Gasteiger partial charge in [-0.1, -0.05) is 0 Å². The summed E-state index contributed by atoms with van der Waals surface area (Å²) in [7, 11) is 2.94. The topological polar surface area (TPSA) is 102 Å². The van der Waals surface area contributed by atoms with Crippen LogP contribution in [0.15, 0.2) is 36.4 Å². The van der Waals surface area contributed by atoms with Gasteiger partial charge in [-0.3, -0.25) is 0 Å². The van der Waals surface area contributed by atoms with E-state index in [1.165, 1.54) is 26.4 Å². The summed E-state index contributed by atoms with van der Waals surface area (Å²) in [5.74, 6) is -1.33. The molecule has 0 radical (unpaired) electrons. The molecule has 0 aliphatic carbocycles. The molecule has 0 aliphatic heterocycles. The Morgan fingerprint density at radius 1 is 0.826 bits per heavy atom. The van der Waals surface area contributed by atoms with Gasteiger partial charge >= 0.3 is 11.9 Å². The molecule has 0 heterocycles. The van der Waals surface area contributed by atoms with Gasteiger partial charge in [-0.05, 0) is 30.3 Å². The monoisotopic (exact) mass is 318 g/mol. The standard InChI is InChI=1S/C16H14O7/c1-21-10-4-6-13(14(8-10)22-2)23-12-5-3-9(15(17)18)7-11(12)16(19)20/h3-8H,1-2H3,(H,17,18)(H,19,20). The maximum atomic E-state index is 11.3. The van der Waals surface area contributed by atoms with Crippen LogP contribution in [0.1, 0.15) is 20.7 Å². The summed E-state index contributed by atoms with van der Waals surface area (Å²) < 4.78 is 15.8. The fraction of sp³-hybridized carbons (Fsp3) is 0.125. The molecule has 23 heavy (non-hydrogen) atoms. The van der Waals surface area contributed by atoms with Gasteiger partial charge in [0.2, 0.25) is 0 Å². The Balaban J connectivity index is 2.44. The molecule has 2 aromatic rings. The smallest absolute Gasteiger partial charge is 0.339 e. The van der Waals surface area contributed by atoms with E-state index in [0.29, 0.717) is 11.5 Å². The second-order valence-electron chi connectivity index (χ2n) is 4.44. The van der Waals surface area contributed by atoms with Crippen LogP contribution >= 0.6 is 0 Å². The Kier molecular flexibility index (Phi) is 4.70. The molecule has 0 saturated heterocycles. The molecular weight excluding hydrogens is 304 g/mol. The van der Waals surface area contributed by atoms with Crippen LogP contribution in [0.2, 0.25) is 0 Å². The lowest BCUT2D eigenvalue weighted by molar-refractivity contribution is 0.0694. The third kappa shape index (κ3) is 3.52. The maximum Gasteiger partial charge on any atom is 0.339 e. The molecule has 0 bridgehead atoms.